The van der Waals surface area contributed by atoms with E-state index < -0.39 is 10.0 Å². The van der Waals surface area contributed by atoms with Crippen molar-refractivity contribution in [1.29, 1.82) is 0 Å². The molecule has 124 valence electrons. The Morgan fingerprint density at radius 2 is 1.74 bits per heavy atom. The first-order valence-corrected chi connectivity index (χ1v) is 10.2. The van der Waals surface area contributed by atoms with Gasteiger partial charge >= 0.3 is 0 Å². The molecule has 0 atom stereocenters. The number of piperazine rings is 1. The molecule has 0 unspecified atom stereocenters. The number of hydrogen-bond donors (Lipinski definition) is 0. The Labute approximate surface area is 150 Å². The monoisotopic (exact) mass is 390 g/mol. The van der Waals surface area contributed by atoms with Gasteiger partial charge in [-0.25, -0.2) is 8.42 Å². The fraction of sp³-hybridized carbons (Fsp3) is 0.333. The molecule has 1 aliphatic rings. The van der Waals surface area contributed by atoms with E-state index in [1.807, 2.05) is 19.1 Å². The molecule has 1 fully saturated rings. The van der Waals surface area contributed by atoms with E-state index in [-0.39, 0.29) is 0 Å². The molecule has 0 saturated carbocycles. The number of sulfonamides is 1. The maximum Gasteiger partial charge on any atom is 0.252 e. The second-order valence-corrected chi connectivity index (χ2v) is 9.65. The first-order valence-electron chi connectivity index (χ1n) is 7.14. The summed E-state index contributed by atoms with van der Waals surface area (Å²) in [6, 6.07) is 8.83. The quantitative estimate of drug-likeness (QED) is 0.798. The van der Waals surface area contributed by atoms with Crippen LogP contribution in [0.3, 0.4) is 0 Å². The smallest absolute Gasteiger partial charge is 0.252 e. The maximum absolute atomic E-state index is 12.6. The summed E-state index contributed by atoms with van der Waals surface area (Å²) in [5, 5.41) is 1.24. The lowest BCUT2D eigenvalue weighted by molar-refractivity contribution is 0.386. The van der Waals surface area contributed by atoms with Crippen molar-refractivity contribution in [1.82, 2.24) is 4.31 Å². The maximum atomic E-state index is 12.6. The van der Waals surface area contributed by atoms with E-state index in [0.717, 1.165) is 10.6 Å². The zero-order chi connectivity index (χ0) is 16.6. The number of nitrogens with zero attached hydrogens (tertiary/aromatic N) is 2. The predicted molar refractivity (Wildman–Crippen MR) is 96.5 cm³/mol. The molecule has 0 bridgehead atoms. The first kappa shape index (κ1) is 17.0. The van der Waals surface area contributed by atoms with Gasteiger partial charge in [0.15, 0.2) is 0 Å². The van der Waals surface area contributed by atoms with Crippen LogP contribution in [-0.2, 0) is 10.0 Å². The molecule has 4 nitrogen and oxygen atoms in total. The zero-order valence-electron chi connectivity index (χ0n) is 12.5. The summed E-state index contributed by atoms with van der Waals surface area (Å²) < 4.78 is 27.2. The lowest BCUT2D eigenvalue weighted by atomic mass is 10.2. The van der Waals surface area contributed by atoms with Crippen LogP contribution in [-0.4, -0.2) is 38.9 Å². The Bertz CT molecular complexity index is 813. The second-order valence-electron chi connectivity index (χ2n) is 5.35. The summed E-state index contributed by atoms with van der Waals surface area (Å²) in [7, 11) is -3.40. The van der Waals surface area contributed by atoms with Gasteiger partial charge in [-0.05, 0) is 37.3 Å². The Kier molecular flexibility index (Phi) is 4.90. The summed E-state index contributed by atoms with van der Waals surface area (Å²) in [4.78, 5) is 3.06. The highest BCUT2D eigenvalue weighted by atomic mass is 35.5. The standard InChI is InChI=1S/C15H16Cl2N2O2S2/c1-11-2-5-15(22-11)23(20,21)19-8-6-18(7-9-19)14-10-12(16)3-4-13(14)17/h2-5,10H,6-9H2,1H3. The van der Waals surface area contributed by atoms with Crippen molar-refractivity contribution in [3.05, 3.63) is 45.3 Å². The van der Waals surface area contributed by atoms with E-state index >= 15 is 0 Å². The Morgan fingerprint density at radius 3 is 2.35 bits per heavy atom. The minimum Gasteiger partial charge on any atom is -0.368 e. The van der Waals surface area contributed by atoms with Crippen molar-refractivity contribution < 1.29 is 8.42 Å². The topological polar surface area (TPSA) is 40.6 Å². The summed E-state index contributed by atoms with van der Waals surface area (Å²) >= 11 is 13.6. The summed E-state index contributed by atoms with van der Waals surface area (Å²) in [6.07, 6.45) is 0. The predicted octanol–water partition coefficient (Wildman–Crippen LogP) is 3.87. The van der Waals surface area contributed by atoms with Gasteiger partial charge in [0.2, 0.25) is 0 Å². The third-order valence-corrected chi connectivity index (χ3v) is 7.72. The summed E-state index contributed by atoms with van der Waals surface area (Å²) in [5.41, 5.74) is 0.850. The van der Waals surface area contributed by atoms with Crippen LogP contribution in [0.15, 0.2) is 34.5 Å². The minimum atomic E-state index is -3.40. The van der Waals surface area contributed by atoms with E-state index in [4.69, 9.17) is 23.2 Å². The molecule has 1 aromatic heterocycles. The molecule has 1 aliphatic heterocycles. The van der Waals surface area contributed by atoms with Gasteiger partial charge in [0.1, 0.15) is 4.21 Å². The van der Waals surface area contributed by atoms with E-state index in [2.05, 4.69) is 4.90 Å². The van der Waals surface area contributed by atoms with E-state index in [1.165, 1.54) is 15.6 Å². The van der Waals surface area contributed by atoms with Crippen molar-refractivity contribution in [2.45, 2.75) is 11.1 Å². The summed E-state index contributed by atoms with van der Waals surface area (Å²) in [5.74, 6) is 0. The average molecular weight is 391 g/mol. The van der Waals surface area contributed by atoms with Crippen LogP contribution in [0.1, 0.15) is 4.88 Å². The van der Waals surface area contributed by atoms with Crippen LogP contribution in [0, 0.1) is 6.92 Å². The Balaban J connectivity index is 1.75. The minimum absolute atomic E-state index is 0.407. The molecular formula is C15H16Cl2N2O2S2. The third-order valence-electron chi connectivity index (χ3n) is 3.80. The lowest BCUT2D eigenvalue weighted by Gasteiger charge is -2.35. The molecule has 1 aromatic carbocycles. The van der Waals surface area contributed by atoms with Crippen LogP contribution in [0.4, 0.5) is 5.69 Å². The second kappa shape index (κ2) is 6.61. The molecule has 0 aliphatic carbocycles. The van der Waals surface area contributed by atoms with Gasteiger partial charge in [-0.3, -0.25) is 0 Å². The van der Waals surface area contributed by atoms with E-state index in [1.54, 1.807) is 18.2 Å². The van der Waals surface area contributed by atoms with Crippen molar-refractivity contribution >= 4 is 50.2 Å². The molecule has 0 radical (unpaired) electrons. The molecule has 2 aromatic rings. The summed E-state index contributed by atoms with van der Waals surface area (Å²) in [6.45, 7) is 3.94. The van der Waals surface area contributed by atoms with Crippen molar-refractivity contribution in [2.75, 3.05) is 31.1 Å². The molecule has 23 heavy (non-hydrogen) atoms. The van der Waals surface area contributed by atoms with E-state index in [9.17, 15) is 8.42 Å². The average Bonchev–Trinajstić information content (AvgIpc) is 2.97. The van der Waals surface area contributed by atoms with Gasteiger partial charge in [0, 0.05) is 36.1 Å². The van der Waals surface area contributed by atoms with Crippen LogP contribution in [0.2, 0.25) is 10.0 Å². The first-order chi connectivity index (χ1) is 10.9. The highest BCUT2D eigenvalue weighted by Crippen LogP contribution is 2.31. The van der Waals surface area contributed by atoms with Crippen LogP contribution < -0.4 is 4.90 Å². The number of benzene rings is 1. The zero-order valence-corrected chi connectivity index (χ0v) is 15.6. The largest absolute Gasteiger partial charge is 0.368 e. The number of halogens is 2. The van der Waals surface area contributed by atoms with Gasteiger partial charge < -0.3 is 4.90 Å². The SMILES string of the molecule is Cc1ccc(S(=O)(=O)N2CCN(c3cc(Cl)ccc3Cl)CC2)s1. The van der Waals surface area contributed by atoms with Crippen molar-refractivity contribution in [3.63, 3.8) is 0 Å². The Hall–Kier alpha value is -0.790. The fourth-order valence-electron chi connectivity index (χ4n) is 2.58. The molecule has 0 spiro atoms. The van der Waals surface area contributed by atoms with Crippen LogP contribution in [0.25, 0.3) is 0 Å². The van der Waals surface area contributed by atoms with Gasteiger partial charge in [-0.1, -0.05) is 23.2 Å². The number of hydrogen-bond acceptors (Lipinski definition) is 4. The van der Waals surface area contributed by atoms with Crippen LogP contribution >= 0.6 is 34.5 Å². The van der Waals surface area contributed by atoms with Gasteiger partial charge in [0.05, 0.1) is 10.7 Å². The highest BCUT2D eigenvalue weighted by Gasteiger charge is 2.30. The van der Waals surface area contributed by atoms with Crippen molar-refractivity contribution in [3.8, 4) is 0 Å². The van der Waals surface area contributed by atoms with Crippen molar-refractivity contribution in [2.24, 2.45) is 0 Å². The number of anilines is 1. The highest BCUT2D eigenvalue weighted by molar-refractivity contribution is 7.91. The molecular weight excluding hydrogens is 375 g/mol. The fourth-order valence-corrected chi connectivity index (χ4v) is 5.84. The number of aryl methyl sites for hydroxylation is 1. The van der Waals surface area contributed by atoms with Gasteiger partial charge in [-0.15, -0.1) is 11.3 Å². The lowest BCUT2D eigenvalue weighted by Crippen LogP contribution is -2.48. The Morgan fingerprint density at radius 1 is 1.04 bits per heavy atom. The molecule has 0 amide bonds. The molecule has 3 rings (SSSR count). The van der Waals surface area contributed by atoms with E-state index in [0.29, 0.717) is 40.4 Å². The molecule has 8 heteroatoms. The van der Waals surface area contributed by atoms with Gasteiger partial charge in [-0.2, -0.15) is 4.31 Å². The third kappa shape index (κ3) is 3.51. The molecule has 1 saturated heterocycles. The van der Waals surface area contributed by atoms with Gasteiger partial charge in [0.25, 0.3) is 10.0 Å². The van der Waals surface area contributed by atoms with Crippen LogP contribution in [0.5, 0.6) is 0 Å². The molecule has 2 heterocycles. The number of rotatable bonds is 3. The number of thiophene rings is 1. The normalized spacial score (nSPS) is 16.7. The molecule has 0 N–H and O–H groups in total.